The molecule has 0 spiro atoms. The Morgan fingerprint density at radius 1 is 1.45 bits per heavy atom. The third-order valence-corrected chi connectivity index (χ3v) is 4.99. The van der Waals surface area contributed by atoms with Crippen LogP contribution < -0.4 is 4.90 Å². The molecule has 5 nitrogen and oxygen atoms in total. The lowest BCUT2D eigenvalue weighted by Crippen LogP contribution is -2.54. The highest BCUT2D eigenvalue weighted by Gasteiger charge is 2.30. The summed E-state index contributed by atoms with van der Waals surface area (Å²) in [5.41, 5.74) is 0.443. The second-order valence-corrected chi connectivity index (χ2v) is 6.20. The van der Waals surface area contributed by atoms with Crippen molar-refractivity contribution in [1.29, 1.82) is 0 Å². The van der Waals surface area contributed by atoms with Crippen LogP contribution in [0.2, 0.25) is 0 Å². The fraction of sp³-hybridized carbons (Fsp3) is 0.714. The van der Waals surface area contributed by atoms with Crippen LogP contribution >= 0.6 is 11.3 Å². The number of carbonyl (C=O) groups is 1. The van der Waals surface area contributed by atoms with Crippen molar-refractivity contribution in [2.45, 2.75) is 32.2 Å². The zero-order valence-corrected chi connectivity index (χ0v) is 12.7. The second kappa shape index (κ2) is 6.10. The molecule has 2 aliphatic heterocycles. The van der Waals surface area contributed by atoms with Crippen LogP contribution in [0.3, 0.4) is 0 Å². The first-order valence-corrected chi connectivity index (χ1v) is 8.27. The average Bonchev–Trinajstić information content (AvgIpc) is 2.97. The summed E-state index contributed by atoms with van der Waals surface area (Å²) < 4.78 is 4.99. The van der Waals surface area contributed by atoms with Crippen LogP contribution in [-0.4, -0.2) is 54.7 Å². The molecule has 2 saturated heterocycles. The Hall–Kier alpha value is -1.14. The molecule has 2 aliphatic rings. The number of piperidine rings is 1. The number of ether oxygens (including phenoxy) is 1. The number of aromatic nitrogens is 1. The summed E-state index contributed by atoms with van der Waals surface area (Å²) in [6.45, 7) is 6.60. The highest BCUT2D eigenvalue weighted by atomic mass is 32.1. The molecule has 0 radical (unpaired) electrons. The van der Waals surface area contributed by atoms with Crippen molar-refractivity contribution in [1.82, 2.24) is 9.88 Å². The summed E-state index contributed by atoms with van der Waals surface area (Å²) in [5, 5.41) is 2.76. The van der Waals surface area contributed by atoms with Crippen LogP contribution in [0, 0.1) is 0 Å². The van der Waals surface area contributed by atoms with Gasteiger partial charge in [0.05, 0.1) is 6.61 Å². The standard InChI is InChI=1S/C14H21N3O2S/c1-2-19-13(18)12-10-20-14(15-12)17-8-7-16-6-4-3-5-11(16)9-17/h10-11H,2-9H2,1H3. The van der Waals surface area contributed by atoms with E-state index in [0.29, 0.717) is 18.3 Å². The van der Waals surface area contributed by atoms with Gasteiger partial charge in [-0.05, 0) is 26.3 Å². The summed E-state index contributed by atoms with van der Waals surface area (Å²) in [5.74, 6) is -0.314. The molecule has 0 aromatic carbocycles. The van der Waals surface area contributed by atoms with Gasteiger partial charge in [0.15, 0.2) is 10.8 Å². The van der Waals surface area contributed by atoms with E-state index in [4.69, 9.17) is 4.74 Å². The molecule has 6 heteroatoms. The number of thiazole rings is 1. The van der Waals surface area contributed by atoms with E-state index in [-0.39, 0.29) is 5.97 Å². The molecule has 110 valence electrons. The minimum atomic E-state index is -0.314. The SMILES string of the molecule is CCOC(=O)c1csc(N2CCN3CCCCC3C2)n1. The Morgan fingerprint density at radius 2 is 2.35 bits per heavy atom. The first-order chi connectivity index (χ1) is 9.78. The number of hydrogen-bond donors (Lipinski definition) is 0. The van der Waals surface area contributed by atoms with Crippen molar-refractivity contribution in [2.75, 3.05) is 37.7 Å². The van der Waals surface area contributed by atoms with Gasteiger partial charge in [0.2, 0.25) is 0 Å². The van der Waals surface area contributed by atoms with Gasteiger partial charge in [0.25, 0.3) is 0 Å². The van der Waals surface area contributed by atoms with E-state index in [1.165, 1.54) is 25.8 Å². The lowest BCUT2D eigenvalue weighted by molar-refractivity contribution is 0.0520. The van der Waals surface area contributed by atoms with Crippen LogP contribution in [0.25, 0.3) is 0 Å². The number of fused-ring (bicyclic) bond motifs is 1. The lowest BCUT2D eigenvalue weighted by Gasteiger charge is -2.43. The van der Waals surface area contributed by atoms with Gasteiger partial charge in [0, 0.05) is 31.1 Å². The Morgan fingerprint density at radius 3 is 3.20 bits per heavy atom. The highest BCUT2D eigenvalue weighted by molar-refractivity contribution is 7.13. The zero-order chi connectivity index (χ0) is 13.9. The van der Waals surface area contributed by atoms with Crippen LogP contribution in [0.15, 0.2) is 5.38 Å². The molecule has 20 heavy (non-hydrogen) atoms. The summed E-state index contributed by atoms with van der Waals surface area (Å²) in [6, 6.07) is 0.660. The molecular weight excluding hydrogens is 274 g/mol. The zero-order valence-electron chi connectivity index (χ0n) is 11.9. The monoisotopic (exact) mass is 295 g/mol. The molecule has 2 fully saturated rings. The smallest absolute Gasteiger partial charge is 0.357 e. The molecule has 0 N–H and O–H groups in total. The van der Waals surface area contributed by atoms with Gasteiger partial charge in [-0.15, -0.1) is 11.3 Å². The van der Waals surface area contributed by atoms with E-state index in [9.17, 15) is 4.79 Å². The van der Waals surface area contributed by atoms with Crippen molar-refractivity contribution in [3.8, 4) is 0 Å². The minimum absolute atomic E-state index is 0.314. The van der Waals surface area contributed by atoms with Crippen LogP contribution in [0.5, 0.6) is 0 Å². The van der Waals surface area contributed by atoms with E-state index in [2.05, 4.69) is 14.8 Å². The Kier molecular flexibility index (Phi) is 4.21. The van der Waals surface area contributed by atoms with Crippen molar-refractivity contribution in [3.05, 3.63) is 11.1 Å². The van der Waals surface area contributed by atoms with Crippen molar-refractivity contribution in [2.24, 2.45) is 0 Å². The largest absolute Gasteiger partial charge is 0.461 e. The number of hydrogen-bond acceptors (Lipinski definition) is 6. The number of anilines is 1. The maximum Gasteiger partial charge on any atom is 0.357 e. The highest BCUT2D eigenvalue weighted by Crippen LogP contribution is 2.27. The summed E-state index contributed by atoms with van der Waals surface area (Å²) >= 11 is 1.55. The Bertz CT molecular complexity index is 477. The topological polar surface area (TPSA) is 45.7 Å². The van der Waals surface area contributed by atoms with E-state index >= 15 is 0 Å². The van der Waals surface area contributed by atoms with Crippen molar-refractivity contribution >= 4 is 22.4 Å². The van der Waals surface area contributed by atoms with Crippen molar-refractivity contribution in [3.63, 3.8) is 0 Å². The maximum atomic E-state index is 11.7. The quantitative estimate of drug-likeness (QED) is 0.798. The summed E-state index contributed by atoms with van der Waals surface area (Å²) in [4.78, 5) is 21.0. The second-order valence-electron chi connectivity index (χ2n) is 5.37. The Labute approximate surface area is 123 Å². The predicted molar refractivity (Wildman–Crippen MR) is 79.5 cm³/mol. The third-order valence-electron chi connectivity index (χ3n) is 4.08. The number of carbonyl (C=O) groups excluding carboxylic acids is 1. The molecule has 1 unspecified atom stereocenters. The van der Waals surface area contributed by atoms with Gasteiger partial charge in [-0.3, -0.25) is 4.90 Å². The third kappa shape index (κ3) is 2.81. The fourth-order valence-corrected chi connectivity index (χ4v) is 3.87. The average molecular weight is 295 g/mol. The molecule has 1 atom stereocenters. The molecule has 0 amide bonds. The summed E-state index contributed by atoms with van der Waals surface area (Å²) in [7, 11) is 0. The van der Waals surface area contributed by atoms with Gasteiger partial charge >= 0.3 is 5.97 Å². The van der Waals surface area contributed by atoms with Gasteiger partial charge < -0.3 is 9.64 Å². The van der Waals surface area contributed by atoms with E-state index in [0.717, 1.165) is 24.8 Å². The molecular formula is C14H21N3O2S. The normalized spacial score (nSPS) is 23.4. The Balaban J connectivity index is 1.66. The number of rotatable bonds is 3. The van der Waals surface area contributed by atoms with E-state index in [1.807, 2.05) is 6.92 Å². The molecule has 0 aliphatic carbocycles. The number of piperazine rings is 1. The molecule has 3 rings (SSSR count). The van der Waals surface area contributed by atoms with E-state index in [1.54, 1.807) is 16.7 Å². The summed E-state index contributed by atoms with van der Waals surface area (Å²) in [6.07, 6.45) is 3.95. The van der Waals surface area contributed by atoms with Gasteiger partial charge in [-0.25, -0.2) is 9.78 Å². The van der Waals surface area contributed by atoms with Crippen molar-refractivity contribution < 1.29 is 9.53 Å². The number of esters is 1. The molecule has 3 heterocycles. The van der Waals surface area contributed by atoms with Gasteiger partial charge in [-0.2, -0.15) is 0 Å². The molecule has 0 bridgehead atoms. The molecule has 0 saturated carbocycles. The van der Waals surface area contributed by atoms with Gasteiger partial charge in [-0.1, -0.05) is 6.42 Å². The van der Waals surface area contributed by atoms with Crippen LogP contribution in [0.1, 0.15) is 36.7 Å². The maximum absolute atomic E-state index is 11.7. The van der Waals surface area contributed by atoms with Crippen LogP contribution in [0.4, 0.5) is 5.13 Å². The van der Waals surface area contributed by atoms with Crippen LogP contribution in [-0.2, 0) is 4.74 Å². The fourth-order valence-electron chi connectivity index (χ4n) is 3.04. The van der Waals surface area contributed by atoms with E-state index < -0.39 is 0 Å². The minimum Gasteiger partial charge on any atom is -0.461 e. The lowest BCUT2D eigenvalue weighted by atomic mass is 10.00. The number of nitrogens with zero attached hydrogens (tertiary/aromatic N) is 3. The predicted octanol–water partition coefficient (Wildman–Crippen LogP) is 1.99. The first kappa shape index (κ1) is 13.8. The van der Waals surface area contributed by atoms with Gasteiger partial charge in [0.1, 0.15) is 0 Å². The molecule has 1 aromatic rings. The molecule has 1 aromatic heterocycles. The first-order valence-electron chi connectivity index (χ1n) is 7.39.